The molecule has 5 heteroatoms. The first kappa shape index (κ1) is 16.7. The Labute approximate surface area is 127 Å². The molecule has 0 spiro atoms. The van der Waals surface area contributed by atoms with Gasteiger partial charge in [0, 0.05) is 0 Å². The van der Waals surface area contributed by atoms with Gasteiger partial charge in [-0.2, -0.15) is 0 Å². The molecular weight excluding hydrogens is 324 g/mol. The second-order valence-electron chi connectivity index (χ2n) is 5.35. The number of rotatable bonds is 5. The molecule has 4 nitrogen and oxygen atoms in total. The van der Waals surface area contributed by atoms with Crippen LogP contribution in [0.1, 0.15) is 32.8 Å². The largest absolute Gasteiger partial charge is 0.461 e. The average Bonchev–Trinajstić information content (AvgIpc) is 2.35. The van der Waals surface area contributed by atoms with Gasteiger partial charge in [0.2, 0.25) is 0 Å². The Bertz CT molecular complexity index is 451. The maximum absolute atomic E-state index is 11.7. The Morgan fingerprint density at radius 3 is 2.35 bits per heavy atom. The molecule has 110 valence electrons. The molecule has 0 heterocycles. The fourth-order valence-corrected chi connectivity index (χ4v) is 1.75. The summed E-state index contributed by atoms with van der Waals surface area (Å²) in [7, 11) is 0. The summed E-state index contributed by atoms with van der Waals surface area (Å²) in [5.74, 6) is -0.907. The first-order chi connectivity index (χ1) is 9.28. The molecule has 0 aromatic heterocycles. The monoisotopic (exact) mass is 342 g/mol. The zero-order chi connectivity index (χ0) is 15.2. The molecular formula is C15H19BrO4. The number of esters is 2. The third-order valence-electron chi connectivity index (χ3n) is 2.25. The molecule has 20 heavy (non-hydrogen) atoms. The Hall–Kier alpha value is -1.36. The van der Waals surface area contributed by atoms with Crippen LogP contribution in [0.3, 0.4) is 0 Å². The van der Waals surface area contributed by atoms with E-state index in [-0.39, 0.29) is 13.0 Å². The molecule has 0 amide bonds. The summed E-state index contributed by atoms with van der Waals surface area (Å²) in [4.78, 5) is 22.6. The highest BCUT2D eigenvalue weighted by Gasteiger charge is 2.25. The topological polar surface area (TPSA) is 52.6 Å². The molecule has 0 aliphatic heterocycles. The number of alkyl halides is 1. The maximum atomic E-state index is 11.7. The van der Waals surface area contributed by atoms with Crippen molar-refractivity contribution in [1.82, 2.24) is 0 Å². The minimum absolute atomic E-state index is 0.0538. The van der Waals surface area contributed by atoms with Crippen molar-refractivity contribution in [2.24, 2.45) is 0 Å². The van der Waals surface area contributed by atoms with E-state index in [0.717, 1.165) is 5.56 Å². The fourth-order valence-electron chi connectivity index (χ4n) is 1.39. The number of halogens is 1. The average molecular weight is 343 g/mol. The number of hydrogen-bond acceptors (Lipinski definition) is 4. The minimum atomic E-state index is -0.690. The van der Waals surface area contributed by atoms with Crippen molar-refractivity contribution in [3.8, 4) is 0 Å². The van der Waals surface area contributed by atoms with Gasteiger partial charge in [0.05, 0.1) is 6.42 Å². The zero-order valence-electron chi connectivity index (χ0n) is 11.9. The van der Waals surface area contributed by atoms with Crippen LogP contribution < -0.4 is 0 Å². The first-order valence-electron chi connectivity index (χ1n) is 6.34. The van der Waals surface area contributed by atoms with Crippen LogP contribution in [-0.2, 0) is 25.7 Å². The molecule has 0 N–H and O–H groups in total. The number of benzene rings is 1. The van der Waals surface area contributed by atoms with Gasteiger partial charge >= 0.3 is 11.9 Å². The molecule has 0 unspecified atom stereocenters. The van der Waals surface area contributed by atoms with Crippen molar-refractivity contribution < 1.29 is 19.1 Å². The van der Waals surface area contributed by atoms with Crippen LogP contribution in [0.25, 0.3) is 0 Å². The van der Waals surface area contributed by atoms with E-state index in [1.807, 2.05) is 30.3 Å². The Morgan fingerprint density at radius 1 is 1.20 bits per heavy atom. The van der Waals surface area contributed by atoms with E-state index < -0.39 is 22.4 Å². The zero-order valence-corrected chi connectivity index (χ0v) is 13.5. The van der Waals surface area contributed by atoms with Gasteiger partial charge in [0.25, 0.3) is 0 Å². The second-order valence-corrected chi connectivity index (χ2v) is 6.46. The van der Waals surface area contributed by atoms with Crippen molar-refractivity contribution in [3.05, 3.63) is 35.9 Å². The van der Waals surface area contributed by atoms with Crippen molar-refractivity contribution in [1.29, 1.82) is 0 Å². The SMILES string of the molecule is CC(C)(C)OC(=O)[C@@H](Br)CC(=O)OCc1ccccc1. The van der Waals surface area contributed by atoms with Crippen molar-refractivity contribution in [2.45, 2.75) is 44.2 Å². The smallest absolute Gasteiger partial charge is 0.320 e. The number of carbonyl (C=O) groups excluding carboxylic acids is 2. The minimum Gasteiger partial charge on any atom is -0.461 e. The van der Waals surface area contributed by atoms with E-state index in [9.17, 15) is 9.59 Å². The lowest BCUT2D eigenvalue weighted by Crippen LogP contribution is -2.30. The lowest BCUT2D eigenvalue weighted by atomic mass is 10.2. The highest BCUT2D eigenvalue weighted by Crippen LogP contribution is 2.15. The Kier molecular flexibility index (Phi) is 6.20. The summed E-state index contributed by atoms with van der Waals surface area (Å²) in [6.45, 7) is 5.53. The first-order valence-corrected chi connectivity index (χ1v) is 7.26. The van der Waals surface area contributed by atoms with Crippen LogP contribution in [0, 0.1) is 0 Å². The number of hydrogen-bond donors (Lipinski definition) is 0. The normalized spacial score (nSPS) is 12.6. The second kappa shape index (κ2) is 7.43. The van der Waals surface area contributed by atoms with Crippen molar-refractivity contribution in [3.63, 3.8) is 0 Å². The molecule has 0 bridgehead atoms. The molecule has 1 aromatic rings. The number of carbonyl (C=O) groups is 2. The third-order valence-corrected chi connectivity index (χ3v) is 2.95. The molecule has 1 atom stereocenters. The molecule has 1 rings (SSSR count). The fraction of sp³-hybridized carbons (Fsp3) is 0.467. The standard InChI is InChI=1S/C15H19BrO4/c1-15(2,3)20-14(18)12(16)9-13(17)19-10-11-7-5-4-6-8-11/h4-8,12H,9-10H2,1-3H3/t12-/m0/s1. The van der Waals surface area contributed by atoms with Crippen LogP contribution in [0.15, 0.2) is 30.3 Å². The summed E-state index contributed by atoms with van der Waals surface area (Å²) >= 11 is 3.15. The summed E-state index contributed by atoms with van der Waals surface area (Å²) < 4.78 is 10.3. The number of ether oxygens (including phenoxy) is 2. The van der Waals surface area contributed by atoms with Gasteiger partial charge in [-0.15, -0.1) is 0 Å². The summed E-state index contributed by atoms with van der Waals surface area (Å²) in [6, 6.07) is 9.37. The quantitative estimate of drug-likeness (QED) is 0.608. The van der Waals surface area contributed by atoms with Crippen molar-refractivity contribution in [2.75, 3.05) is 0 Å². The molecule has 0 aliphatic carbocycles. The van der Waals surface area contributed by atoms with E-state index in [0.29, 0.717) is 0 Å². The van der Waals surface area contributed by atoms with E-state index in [1.54, 1.807) is 20.8 Å². The van der Waals surface area contributed by atoms with Crippen LogP contribution in [0.2, 0.25) is 0 Å². The Balaban J connectivity index is 2.36. The maximum Gasteiger partial charge on any atom is 0.320 e. The van der Waals surface area contributed by atoms with Gasteiger partial charge in [-0.05, 0) is 26.3 Å². The lowest BCUT2D eigenvalue weighted by molar-refractivity contribution is -0.157. The molecule has 1 aromatic carbocycles. The van der Waals surface area contributed by atoms with Crippen LogP contribution in [0.4, 0.5) is 0 Å². The van der Waals surface area contributed by atoms with Gasteiger partial charge in [-0.1, -0.05) is 46.3 Å². The Morgan fingerprint density at radius 2 is 1.80 bits per heavy atom. The highest BCUT2D eigenvalue weighted by molar-refractivity contribution is 9.10. The molecule has 0 radical (unpaired) electrons. The summed E-state index contributed by atoms with van der Waals surface area (Å²) in [5.41, 5.74) is 0.334. The molecule has 0 saturated heterocycles. The van der Waals surface area contributed by atoms with Gasteiger partial charge in [0.1, 0.15) is 17.0 Å². The molecule has 0 fully saturated rings. The molecule has 0 aliphatic rings. The van der Waals surface area contributed by atoms with Crippen molar-refractivity contribution >= 4 is 27.9 Å². The van der Waals surface area contributed by atoms with Crippen LogP contribution in [0.5, 0.6) is 0 Å². The lowest BCUT2D eigenvalue weighted by Gasteiger charge is -2.21. The summed E-state index contributed by atoms with van der Waals surface area (Å²) in [6.07, 6.45) is -0.0538. The van der Waals surface area contributed by atoms with E-state index in [2.05, 4.69) is 15.9 Å². The van der Waals surface area contributed by atoms with Crippen LogP contribution >= 0.6 is 15.9 Å². The van der Waals surface area contributed by atoms with E-state index in [1.165, 1.54) is 0 Å². The van der Waals surface area contributed by atoms with Crippen LogP contribution in [-0.4, -0.2) is 22.4 Å². The predicted molar refractivity (Wildman–Crippen MR) is 79.4 cm³/mol. The third kappa shape index (κ3) is 6.70. The molecule has 0 saturated carbocycles. The summed E-state index contributed by atoms with van der Waals surface area (Å²) in [5, 5.41) is 0. The van der Waals surface area contributed by atoms with Gasteiger partial charge in [-0.25, -0.2) is 0 Å². The highest BCUT2D eigenvalue weighted by atomic mass is 79.9. The van der Waals surface area contributed by atoms with Gasteiger partial charge in [0.15, 0.2) is 0 Å². The van der Waals surface area contributed by atoms with E-state index >= 15 is 0 Å². The van der Waals surface area contributed by atoms with E-state index in [4.69, 9.17) is 9.47 Å². The predicted octanol–water partition coefficient (Wildman–Crippen LogP) is 3.23. The van der Waals surface area contributed by atoms with Gasteiger partial charge < -0.3 is 9.47 Å². The van der Waals surface area contributed by atoms with Gasteiger partial charge in [-0.3, -0.25) is 9.59 Å².